The number of fused-ring (bicyclic) bond motifs is 5. The van der Waals surface area contributed by atoms with Crippen molar-refractivity contribution in [2.45, 2.75) is 65.0 Å². The zero-order valence-electron chi connectivity index (χ0n) is 16.4. The van der Waals surface area contributed by atoms with Crippen LogP contribution in [0.3, 0.4) is 0 Å². The fourth-order valence-corrected chi connectivity index (χ4v) is 4.72. The molecule has 0 aliphatic carbocycles. The zero-order chi connectivity index (χ0) is 18.5. The molecule has 4 heteroatoms. The first-order valence-electron chi connectivity index (χ1n) is 9.98. The monoisotopic (exact) mass is 354 g/mol. The smallest absolute Gasteiger partial charge is 0.419 e. The molecule has 0 spiro atoms. The van der Waals surface area contributed by atoms with E-state index in [0.29, 0.717) is 6.04 Å². The molecule has 4 rings (SSSR count). The van der Waals surface area contributed by atoms with Gasteiger partial charge in [0.1, 0.15) is 5.60 Å². The van der Waals surface area contributed by atoms with Crippen molar-refractivity contribution in [1.82, 2.24) is 9.47 Å². The minimum Gasteiger partial charge on any atom is -0.443 e. The molecule has 0 amide bonds. The molecule has 2 atom stereocenters. The van der Waals surface area contributed by atoms with Crippen molar-refractivity contribution in [2.75, 3.05) is 13.1 Å². The van der Waals surface area contributed by atoms with Crippen LogP contribution in [0.2, 0.25) is 0 Å². The van der Waals surface area contributed by atoms with Crippen LogP contribution in [0.5, 0.6) is 0 Å². The SMILES string of the molecule is CC[C@@H]1CC[C@H]2c3c(c4ccccc4n3C(=O)OC(C)(C)C)CCN2C1. The standard InChI is InChI=1S/C22H30N2O2/c1-5-15-10-11-19-20-17(12-13-23(19)14-15)16-8-6-7-9-18(16)24(20)21(25)26-22(2,3)4/h6-9,15,19H,5,10-14H2,1-4H3/t15-,19+/m1/s1. The fraction of sp³-hybridized carbons (Fsp3) is 0.591. The van der Waals surface area contributed by atoms with Crippen LogP contribution in [-0.2, 0) is 11.2 Å². The summed E-state index contributed by atoms with van der Waals surface area (Å²) in [5, 5.41) is 1.21. The van der Waals surface area contributed by atoms with Gasteiger partial charge >= 0.3 is 6.09 Å². The van der Waals surface area contributed by atoms with Crippen LogP contribution in [0.1, 0.15) is 64.3 Å². The van der Waals surface area contributed by atoms with E-state index in [0.717, 1.165) is 37.4 Å². The number of hydrogen-bond donors (Lipinski definition) is 0. The molecule has 1 fully saturated rings. The molecular formula is C22H30N2O2. The molecule has 0 N–H and O–H groups in total. The second kappa shape index (κ2) is 6.41. The van der Waals surface area contributed by atoms with Crippen molar-refractivity contribution in [3.8, 4) is 0 Å². The summed E-state index contributed by atoms with van der Waals surface area (Å²) in [5.41, 5.74) is 3.03. The van der Waals surface area contributed by atoms with E-state index in [-0.39, 0.29) is 6.09 Å². The molecule has 26 heavy (non-hydrogen) atoms. The largest absolute Gasteiger partial charge is 0.443 e. The van der Waals surface area contributed by atoms with Gasteiger partial charge in [0.25, 0.3) is 0 Å². The fourth-order valence-electron chi connectivity index (χ4n) is 4.72. The van der Waals surface area contributed by atoms with Crippen molar-refractivity contribution < 1.29 is 9.53 Å². The van der Waals surface area contributed by atoms with Gasteiger partial charge in [-0.25, -0.2) is 9.36 Å². The van der Waals surface area contributed by atoms with Crippen molar-refractivity contribution in [3.05, 3.63) is 35.5 Å². The van der Waals surface area contributed by atoms with E-state index in [1.165, 1.54) is 29.5 Å². The van der Waals surface area contributed by atoms with Crippen molar-refractivity contribution in [3.63, 3.8) is 0 Å². The average Bonchev–Trinajstić information content (AvgIpc) is 2.94. The Balaban J connectivity index is 1.83. The molecular weight excluding hydrogens is 324 g/mol. The highest BCUT2D eigenvalue weighted by atomic mass is 16.6. The van der Waals surface area contributed by atoms with E-state index in [1.54, 1.807) is 0 Å². The number of hydrogen-bond acceptors (Lipinski definition) is 3. The third kappa shape index (κ3) is 2.94. The predicted octanol–water partition coefficient (Wildman–Crippen LogP) is 5.14. The Bertz CT molecular complexity index is 831. The van der Waals surface area contributed by atoms with Crippen LogP contribution in [0, 0.1) is 5.92 Å². The highest BCUT2D eigenvalue weighted by Gasteiger charge is 2.38. The molecule has 2 aliphatic rings. The number of ether oxygens (including phenoxy) is 1. The first-order valence-corrected chi connectivity index (χ1v) is 9.98. The summed E-state index contributed by atoms with van der Waals surface area (Å²) in [5.74, 6) is 0.784. The van der Waals surface area contributed by atoms with Crippen LogP contribution in [0.25, 0.3) is 10.9 Å². The Hall–Kier alpha value is -1.81. The number of benzene rings is 1. The zero-order valence-corrected chi connectivity index (χ0v) is 16.4. The molecule has 2 aromatic rings. The topological polar surface area (TPSA) is 34.5 Å². The predicted molar refractivity (Wildman–Crippen MR) is 105 cm³/mol. The van der Waals surface area contributed by atoms with Crippen LogP contribution in [0.15, 0.2) is 24.3 Å². The number of nitrogens with zero attached hydrogens (tertiary/aromatic N) is 2. The minimum atomic E-state index is -0.496. The van der Waals surface area contributed by atoms with Gasteiger partial charge in [0.15, 0.2) is 0 Å². The molecule has 0 saturated carbocycles. The van der Waals surface area contributed by atoms with Gasteiger partial charge in [-0.1, -0.05) is 31.5 Å². The molecule has 0 radical (unpaired) electrons. The van der Waals surface area contributed by atoms with E-state index in [4.69, 9.17) is 4.74 Å². The summed E-state index contributed by atoms with van der Waals surface area (Å²) in [4.78, 5) is 15.7. The Morgan fingerprint density at radius 3 is 2.73 bits per heavy atom. The molecule has 1 aromatic heterocycles. The summed E-state index contributed by atoms with van der Waals surface area (Å²) in [6, 6.07) is 8.63. The Kier molecular flexibility index (Phi) is 4.34. The number of carbonyl (C=O) groups excluding carboxylic acids is 1. The lowest BCUT2D eigenvalue weighted by atomic mass is 9.85. The first-order chi connectivity index (χ1) is 12.4. The van der Waals surface area contributed by atoms with Gasteiger partial charge in [0.2, 0.25) is 0 Å². The second-order valence-corrected chi connectivity index (χ2v) is 8.81. The number of aromatic nitrogens is 1. The summed E-state index contributed by atoms with van der Waals surface area (Å²) in [6.45, 7) is 10.3. The van der Waals surface area contributed by atoms with Crippen molar-refractivity contribution in [2.24, 2.45) is 5.92 Å². The lowest BCUT2D eigenvalue weighted by Crippen LogP contribution is -2.43. The maximum Gasteiger partial charge on any atom is 0.419 e. The first kappa shape index (κ1) is 17.6. The average molecular weight is 354 g/mol. The minimum absolute atomic E-state index is 0.241. The molecule has 4 nitrogen and oxygen atoms in total. The Morgan fingerprint density at radius 2 is 2.00 bits per heavy atom. The van der Waals surface area contributed by atoms with E-state index in [1.807, 2.05) is 31.4 Å². The van der Waals surface area contributed by atoms with Crippen LogP contribution in [-0.4, -0.2) is 34.3 Å². The lowest BCUT2D eigenvalue weighted by molar-refractivity contribution is 0.0502. The van der Waals surface area contributed by atoms with Gasteiger partial charge < -0.3 is 4.74 Å². The summed E-state index contributed by atoms with van der Waals surface area (Å²) in [7, 11) is 0. The lowest BCUT2D eigenvalue weighted by Gasteiger charge is -2.43. The molecule has 1 aromatic carbocycles. The van der Waals surface area contributed by atoms with Gasteiger partial charge in [-0.15, -0.1) is 0 Å². The van der Waals surface area contributed by atoms with Gasteiger partial charge in [-0.05, 0) is 57.6 Å². The molecule has 0 unspecified atom stereocenters. The number of rotatable bonds is 1. The number of piperidine rings is 1. The molecule has 2 aliphatic heterocycles. The number of carbonyl (C=O) groups is 1. The van der Waals surface area contributed by atoms with Gasteiger partial charge in [0.05, 0.1) is 17.3 Å². The molecule has 0 bridgehead atoms. The Labute approximate surface area is 156 Å². The van der Waals surface area contributed by atoms with E-state index in [9.17, 15) is 4.79 Å². The van der Waals surface area contributed by atoms with E-state index < -0.39 is 5.60 Å². The molecule has 3 heterocycles. The highest BCUT2D eigenvalue weighted by molar-refractivity contribution is 5.94. The maximum absolute atomic E-state index is 13.1. The van der Waals surface area contributed by atoms with Gasteiger partial charge in [0, 0.05) is 18.5 Å². The maximum atomic E-state index is 13.1. The molecule has 140 valence electrons. The summed E-state index contributed by atoms with van der Waals surface area (Å²) >= 11 is 0. The third-order valence-corrected chi connectivity index (χ3v) is 5.92. The van der Waals surface area contributed by atoms with Gasteiger partial charge in [-0.2, -0.15) is 0 Å². The van der Waals surface area contributed by atoms with Crippen LogP contribution >= 0.6 is 0 Å². The second-order valence-electron chi connectivity index (χ2n) is 8.81. The van der Waals surface area contributed by atoms with Crippen molar-refractivity contribution >= 4 is 17.0 Å². The summed E-state index contributed by atoms with van der Waals surface area (Å²) < 4.78 is 7.66. The van der Waals surface area contributed by atoms with Gasteiger partial charge in [-0.3, -0.25) is 4.90 Å². The normalized spacial score (nSPS) is 23.5. The highest BCUT2D eigenvalue weighted by Crippen LogP contribution is 2.43. The third-order valence-electron chi connectivity index (χ3n) is 5.92. The molecule has 1 saturated heterocycles. The Morgan fingerprint density at radius 1 is 1.23 bits per heavy atom. The van der Waals surface area contributed by atoms with Crippen molar-refractivity contribution in [1.29, 1.82) is 0 Å². The summed E-state index contributed by atoms with van der Waals surface area (Å²) in [6.07, 6.45) is 4.38. The van der Waals surface area contributed by atoms with E-state index >= 15 is 0 Å². The number of para-hydroxylation sites is 1. The van der Waals surface area contributed by atoms with E-state index in [2.05, 4.69) is 30.0 Å². The quantitative estimate of drug-likeness (QED) is 0.711. The van der Waals surface area contributed by atoms with Crippen LogP contribution < -0.4 is 0 Å². The van der Waals surface area contributed by atoms with Crippen LogP contribution in [0.4, 0.5) is 4.79 Å².